The highest BCUT2D eigenvalue weighted by atomic mass is 15.2. The minimum Gasteiger partial charge on any atom is -0.350 e. The summed E-state index contributed by atoms with van der Waals surface area (Å²) in [7, 11) is 1.74. The van der Waals surface area contributed by atoms with E-state index in [1.807, 2.05) is 0 Å². The van der Waals surface area contributed by atoms with Gasteiger partial charge < -0.3 is 10.6 Å². The molecule has 0 radical (unpaired) electrons. The van der Waals surface area contributed by atoms with Crippen molar-refractivity contribution in [3.63, 3.8) is 0 Å². The average molecular weight is 271 g/mol. The highest BCUT2D eigenvalue weighted by Gasteiger charge is 2.07. The Balaban J connectivity index is 2.63. The van der Waals surface area contributed by atoms with E-state index < -0.39 is 0 Å². The molecule has 0 aliphatic rings. The monoisotopic (exact) mass is 271 g/mol. The lowest BCUT2D eigenvalue weighted by Crippen LogP contribution is -2.38. The lowest BCUT2D eigenvalue weighted by molar-refractivity contribution is 0.646. The summed E-state index contributed by atoms with van der Waals surface area (Å²) in [4.78, 5) is 4.15. The minimum absolute atomic E-state index is 0.187. The van der Waals surface area contributed by atoms with E-state index in [0.29, 0.717) is 12.5 Å². The zero-order valence-electron chi connectivity index (χ0n) is 12.9. The fourth-order valence-corrected chi connectivity index (χ4v) is 2.03. The van der Waals surface area contributed by atoms with Gasteiger partial charge in [0.1, 0.15) is 0 Å². The van der Waals surface area contributed by atoms with Crippen molar-refractivity contribution >= 4 is 5.96 Å². The molecule has 1 aromatic carbocycles. The summed E-state index contributed by atoms with van der Waals surface area (Å²) in [6.45, 7) is 7.05. The molecule has 0 heterocycles. The summed E-state index contributed by atoms with van der Waals surface area (Å²) in [5.74, 6) is 3.95. The van der Waals surface area contributed by atoms with Gasteiger partial charge >= 0.3 is 0 Å². The van der Waals surface area contributed by atoms with E-state index in [1.165, 1.54) is 11.1 Å². The molecule has 3 heteroatoms. The molecular weight excluding hydrogens is 246 g/mol. The number of aliphatic imine (C=N–C) groups is 1. The molecule has 20 heavy (non-hydrogen) atoms. The number of nitrogens with zero attached hydrogens (tertiary/aromatic N) is 1. The first-order valence-corrected chi connectivity index (χ1v) is 7.06. The van der Waals surface area contributed by atoms with Crippen LogP contribution in [0.15, 0.2) is 29.3 Å². The van der Waals surface area contributed by atoms with Gasteiger partial charge in [-0.1, -0.05) is 44.0 Å². The molecule has 0 saturated heterocycles. The van der Waals surface area contributed by atoms with Crippen LogP contribution in [0, 0.1) is 18.3 Å². The molecule has 0 aliphatic heterocycles. The fraction of sp³-hybridized carbons (Fsp3) is 0.471. The Bertz CT molecular complexity index is 466. The third-order valence-corrected chi connectivity index (χ3v) is 3.06. The largest absolute Gasteiger partial charge is 0.350 e. The first kappa shape index (κ1) is 16.1. The summed E-state index contributed by atoms with van der Waals surface area (Å²) in [5, 5.41) is 6.38. The molecule has 108 valence electrons. The number of nitrogens with one attached hydrogen (secondary N) is 2. The van der Waals surface area contributed by atoms with E-state index in [-0.39, 0.29) is 6.04 Å². The lowest BCUT2D eigenvalue weighted by atomic mass is 10.00. The van der Waals surface area contributed by atoms with Gasteiger partial charge in [0.15, 0.2) is 5.96 Å². The zero-order chi connectivity index (χ0) is 15.0. The molecule has 3 nitrogen and oxygen atoms in total. The highest BCUT2D eigenvalue weighted by Crippen LogP contribution is 2.15. The standard InChI is InChI=1S/C17H25N3/c1-6-11-19-17(18-5)20-14(4)16-9-7-15(8-10-16)12-13(2)3/h1,7-10,13-14H,11-12H2,2-5H3,(H2,18,19,20). The summed E-state index contributed by atoms with van der Waals surface area (Å²) in [6.07, 6.45) is 6.35. The van der Waals surface area contributed by atoms with Crippen LogP contribution in [-0.4, -0.2) is 19.6 Å². The van der Waals surface area contributed by atoms with E-state index in [4.69, 9.17) is 6.42 Å². The van der Waals surface area contributed by atoms with Crippen molar-refractivity contribution < 1.29 is 0 Å². The SMILES string of the molecule is C#CCNC(=NC)NC(C)c1ccc(CC(C)C)cc1. The second kappa shape index (κ2) is 8.27. The van der Waals surface area contributed by atoms with Gasteiger partial charge in [-0.25, -0.2) is 0 Å². The molecule has 1 atom stereocenters. The van der Waals surface area contributed by atoms with Crippen molar-refractivity contribution in [3.8, 4) is 12.3 Å². The van der Waals surface area contributed by atoms with E-state index in [1.54, 1.807) is 7.05 Å². The highest BCUT2D eigenvalue weighted by molar-refractivity contribution is 5.80. The average Bonchev–Trinajstić information content (AvgIpc) is 2.43. The maximum atomic E-state index is 5.23. The fourth-order valence-electron chi connectivity index (χ4n) is 2.03. The van der Waals surface area contributed by atoms with Crippen LogP contribution >= 0.6 is 0 Å². The quantitative estimate of drug-likeness (QED) is 0.491. The van der Waals surface area contributed by atoms with Crippen molar-refractivity contribution in [1.29, 1.82) is 0 Å². The van der Waals surface area contributed by atoms with E-state index >= 15 is 0 Å². The Morgan fingerprint density at radius 1 is 1.25 bits per heavy atom. The summed E-state index contributed by atoms with van der Waals surface area (Å²) < 4.78 is 0. The molecule has 2 N–H and O–H groups in total. The van der Waals surface area contributed by atoms with Gasteiger partial charge in [0, 0.05) is 7.05 Å². The number of hydrogen-bond donors (Lipinski definition) is 2. The molecule has 0 bridgehead atoms. The van der Waals surface area contributed by atoms with Crippen molar-refractivity contribution in [2.24, 2.45) is 10.9 Å². The molecular formula is C17H25N3. The van der Waals surface area contributed by atoms with E-state index in [9.17, 15) is 0 Å². The van der Waals surface area contributed by atoms with Crippen molar-refractivity contribution in [2.45, 2.75) is 33.2 Å². The van der Waals surface area contributed by atoms with Crippen LogP contribution < -0.4 is 10.6 Å². The van der Waals surface area contributed by atoms with Gasteiger partial charge in [-0.15, -0.1) is 6.42 Å². The van der Waals surface area contributed by atoms with Gasteiger partial charge in [-0.05, 0) is 30.4 Å². The third-order valence-electron chi connectivity index (χ3n) is 3.06. The number of rotatable bonds is 5. The summed E-state index contributed by atoms with van der Waals surface area (Å²) in [6, 6.07) is 8.93. The van der Waals surface area contributed by atoms with Gasteiger partial charge in [0.2, 0.25) is 0 Å². The molecule has 0 aliphatic carbocycles. The van der Waals surface area contributed by atoms with Crippen molar-refractivity contribution in [1.82, 2.24) is 10.6 Å². The number of terminal acetylenes is 1. The molecule has 0 spiro atoms. The van der Waals surface area contributed by atoms with Crippen LogP contribution in [0.5, 0.6) is 0 Å². The Morgan fingerprint density at radius 3 is 2.40 bits per heavy atom. The van der Waals surface area contributed by atoms with Crippen LogP contribution in [0.3, 0.4) is 0 Å². The van der Waals surface area contributed by atoms with Crippen LogP contribution in [0.1, 0.15) is 37.9 Å². The van der Waals surface area contributed by atoms with Crippen LogP contribution in [0.2, 0.25) is 0 Å². The smallest absolute Gasteiger partial charge is 0.192 e. The van der Waals surface area contributed by atoms with Crippen molar-refractivity contribution in [2.75, 3.05) is 13.6 Å². The van der Waals surface area contributed by atoms with Gasteiger partial charge in [-0.3, -0.25) is 4.99 Å². The minimum atomic E-state index is 0.187. The molecule has 1 aromatic rings. The van der Waals surface area contributed by atoms with E-state index in [0.717, 1.165) is 12.4 Å². The summed E-state index contributed by atoms with van der Waals surface area (Å²) in [5.41, 5.74) is 2.62. The summed E-state index contributed by atoms with van der Waals surface area (Å²) >= 11 is 0. The predicted octanol–water partition coefficient (Wildman–Crippen LogP) is 2.74. The van der Waals surface area contributed by atoms with Crippen LogP contribution in [-0.2, 0) is 6.42 Å². The molecule has 0 aromatic heterocycles. The molecule has 0 saturated carbocycles. The lowest BCUT2D eigenvalue weighted by Gasteiger charge is -2.18. The number of benzene rings is 1. The molecule has 1 unspecified atom stereocenters. The molecule has 1 rings (SSSR count). The number of hydrogen-bond acceptors (Lipinski definition) is 1. The first-order valence-electron chi connectivity index (χ1n) is 7.06. The third kappa shape index (κ3) is 5.36. The Hall–Kier alpha value is -1.95. The topological polar surface area (TPSA) is 36.4 Å². The predicted molar refractivity (Wildman–Crippen MR) is 86.7 cm³/mol. The first-order chi connectivity index (χ1) is 9.56. The molecule has 0 amide bonds. The van der Waals surface area contributed by atoms with Gasteiger partial charge in [0.25, 0.3) is 0 Å². The maximum absolute atomic E-state index is 5.23. The maximum Gasteiger partial charge on any atom is 0.192 e. The Kier molecular flexibility index (Phi) is 6.66. The Morgan fingerprint density at radius 2 is 1.90 bits per heavy atom. The Labute approximate surface area is 122 Å². The molecule has 0 fully saturated rings. The van der Waals surface area contributed by atoms with Crippen LogP contribution in [0.25, 0.3) is 0 Å². The number of guanidine groups is 1. The van der Waals surface area contributed by atoms with Gasteiger partial charge in [-0.2, -0.15) is 0 Å². The van der Waals surface area contributed by atoms with Crippen molar-refractivity contribution in [3.05, 3.63) is 35.4 Å². The van der Waals surface area contributed by atoms with Crippen LogP contribution in [0.4, 0.5) is 0 Å². The second-order valence-corrected chi connectivity index (χ2v) is 5.34. The zero-order valence-corrected chi connectivity index (χ0v) is 12.9. The second-order valence-electron chi connectivity index (χ2n) is 5.34. The van der Waals surface area contributed by atoms with Gasteiger partial charge in [0.05, 0.1) is 12.6 Å². The normalized spacial score (nSPS) is 12.9. The van der Waals surface area contributed by atoms with E-state index in [2.05, 4.69) is 66.6 Å².